The number of carbonyl (C=O) groups excluding carboxylic acids is 2. The molecule has 0 aliphatic heterocycles. The van der Waals surface area contributed by atoms with E-state index < -0.39 is 6.04 Å². The van der Waals surface area contributed by atoms with Gasteiger partial charge >= 0.3 is 0 Å². The summed E-state index contributed by atoms with van der Waals surface area (Å²) in [5.74, 6) is -0.254. The first-order valence-electron chi connectivity index (χ1n) is 8.57. The molecule has 1 aliphatic carbocycles. The smallest absolute Gasteiger partial charge is 0.243 e. The first kappa shape index (κ1) is 17.5. The molecule has 1 aromatic rings. The summed E-state index contributed by atoms with van der Waals surface area (Å²) in [4.78, 5) is 23.8. The molecule has 0 spiro atoms. The Morgan fingerprint density at radius 2 is 1.65 bits per heavy atom. The summed E-state index contributed by atoms with van der Waals surface area (Å²) in [6.45, 7) is 7.30. The molecular weight excluding hydrogens is 288 g/mol. The van der Waals surface area contributed by atoms with Crippen molar-refractivity contribution in [2.24, 2.45) is 5.92 Å². The fourth-order valence-electron chi connectivity index (χ4n) is 3.16. The molecule has 2 amide bonds. The van der Waals surface area contributed by atoms with Crippen molar-refractivity contribution in [3.63, 3.8) is 0 Å². The van der Waals surface area contributed by atoms with Crippen LogP contribution in [0.1, 0.15) is 63.3 Å². The summed E-state index contributed by atoms with van der Waals surface area (Å²) in [6, 6.07) is 5.97. The highest BCUT2D eigenvalue weighted by Gasteiger charge is 2.24. The van der Waals surface area contributed by atoms with Crippen LogP contribution < -0.4 is 10.6 Å². The van der Waals surface area contributed by atoms with Gasteiger partial charge in [-0.25, -0.2) is 0 Å². The number of benzene rings is 1. The van der Waals surface area contributed by atoms with E-state index in [0.29, 0.717) is 0 Å². The summed E-state index contributed by atoms with van der Waals surface area (Å²) in [5.41, 5.74) is 3.98. The van der Waals surface area contributed by atoms with E-state index in [2.05, 4.69) is 28.8 Å². The van der Waals surface area contributed by atoms with Crippen LogP contribution in [-0.2, 0) is 22.4 Å². The van der Waals surface area contributed by atoms with Crippen LogP contribution in [0.2, 0.25) is 0 Å². The summed E-state index contributed by atoms with van der Waals surface area (Å²) >= 11 is 0. The topological polar surface area (TPSA) is 58.2 Å². The van der Waals surface area contributed by atoms with Gasteiger partial charge < -0.3 is 10.6 Å². The average Bonchev–Trinajstić information content (AvgIpc) is 2.51. The second-order valence-electron chi connectivity index (χ2n) is 6.89. The third kappa shape index (κ3) is 4.57. The van der Waals surface area contributed by atoms with Crippen LogP contribution in [0, 0.1) is 5.92 Å². The molecule has 4 nitrogen and oxygen atoms in total. The number of amides is 2. The minimum atomic E-state index is -0.493. The minimum Gasteiger partial charge on any atom is -0.348 e. The largest absolute Gasteiger partial charge is 0.348 e. The fraction of sp³-hybridized carbons (Fsp3) is 0.579. The predicted molar refractivity (Wildman–Crippen MR) is 92.1 cm³/mol. The quantitative estimate of drug-likeness (QED) is 0.877. The molecule has 2 N–H and O–H groups in total. The molecule has 1 aromatic carbocycles. The van der Waals surface area contributed by atoms with Gasteiger partial charge in [0.15, 0.2) is 0 Å². The Balaban J connectivity index is 2.06. The van der Waals surface area contributed by atoms with E-state index >= 15 is 0 Å². The van der Waals surface area contributed by atoms with Gasteiger partial charge in [-0.2, -0.15) is 0 Å². The van der Waals surface area contributed by atoms with E-state index in [1.165, 1.54) is 30.9 Å². The van der Waals surface area contributed by atoms with Crippen molar-refractivity contribution in [1.29, 1.82) is 0 Å². The predicted octanol–water partition coefficient (Wildman–Crippen LogP) is 2.90. The first-order chi connectivity index (χ1) is 10.9. The van der Waals surface area contributed by atoms with E-state index in [0.717, 1.165) is 18.4 Å². The lowest BCUT2D eigenvalue weighted by atomic mass is 9.89. The molecule has 23 heavy (non-hydrogen) atoms. The Labute approximate surface area is 139 Å². The molecule has 0 saturated heterocycles. The Morgan fingerprint density at radius 3 is 2.26 bits per heavy atom. The Morgan fingerprint density at radius 1 is 1.00 bits per heavy atom. The molecule has 0 radical (unpaired) electrons. The van der Waals surface area contributed by atoms with E-state index in [4.69, 9.17) is 0 Å². The maximum atomic E-state index is 12.5. The second-order valence-corrected chi connectivity index (χ2v) is 6.89. The molecule has 2 atom stereocenters. The molecule has 1 aliphatic rings. The lowest BCUT2D eigenvalue weighted by Gasteiger charge is -2.24. The molecule has 0 heterocycles. The Bertz CT molecular complexity index is 581. The molecular formula is C19H28N2O2. The van der Waals surface area contributed by atoms with Gasteiger partial charge in [0.1, 0.15) is 6.04 Å². The summed E-state index contributed by atoms with van der Waals surface area (Å²) in [5, 5.41) is 5.77. The number of rotatable bonds is 5. The highest BCUT2D eigenvalue weighted by Crippen LogP contribution is 2.24. The van der Waals surface area contributed by atoms with Crippen molar-refractivity contribution < 1.29 is 9.59 Å². The van der Waals surface area contributed by atoms with Gasteiger partial charge in [-0.1, -0.05) is 32.0 Å². The van der Waals surface area contributed by atoms with E-state index in [9.17, 15) is 9.59 Å². The zero-order chi connectivity index (χ0) is 17.0. The summed E-state index contributed by atoms with van der Waals surface area (Å²) in [6.07, 6.45) is 4.80. The average molecular weight is 316 g/mol. The van der Waals surface area contributed by atoms with E-state index in [-0.39, 0.29) is 23.8 Å². The van der Waals surface area contributed by atoms with Crippen LogP contribution >= 0.6 is 0 Å². The third-order valence-corrected chi connectivity index (χ3v) is 4.54. The Kier molecular flexibility index (Phi) is 5.80. The van der Waals surface area contributed by atoms with Crippen molar-refractivity contribution in [1.82, 2.24) is 10.6 Å². The van der Waals surface area contributed by atoms with Crippen molar-refractivity contribution in [2.75, 3.05) is 0 Å². The third-order valence-electron chi connectivity index (χ3n) is 4.54. The molecule has 0 aromatic heterocycles. The number of carbonyl (C=O) groups is 2. The van der Waals surface area contributed by atoms with Gasteiger partial charge in [0.05, 0.1) is 6.04 Å². The van der Waals surface area contributed by atoms with Gasteiger partial charge in [-0.05, 0) is 55.2 Å². The van der Waals surface area contributed by atoms with Crippen molar-refractivity contribution in [2.45, 2.75) is 65.5 Å². The van der Waals surface area contributed by atoms with E-state index in [1.54, 1.807) is 0 Å². The van der Waals surface area contributed by atoms with Gasteiger partial charge in [-0.3, -0.25) is 9.59 Å². The van der Waals surface area contributed by atoms with Crippen LogP contribution in [0.4, 0.5) is 0 Å². The van der Waals surface area contributed by atoms with Crippen molar-refractivity contribution in [3.05, 3.63) is 34.9 Å². The highest BCUT2D eigenvalue weighted by atomic mass is 16.2. The zero-order valence-corrected chi connectivity index (χ0v) is 14.6. The molecule has 0 bridgehead atoms. The number of nitrogens with one attached hydrogen (secondary N) is 2. The standard InChI is InChI=1S/C19H28N2O2/c1-12(2)18(21-14(4)22)19(23)20-13(3)16-10-9-15-7-5-6-8-17(15)11-16/h9-13,18H,5-8H2,1-4H3,(H,20,23)(H,21,22)/t13-,18-/m1/s1. The maximum absolute atomic E-state index is 12.5. The Hall–Kier alpha value is -1.84. The highest BCUT2D eigenvalue weighted by molar-refractivity contribution is 5.87. The SMILES string of the molecule is CC(=O)N[C@@H](C(=O)N[C@H](C)c1ccc2c(c1)CCCC2)C(C)C. The van der Waals surface area contributed by atoms with Crippen molar-refractivity contribution in [3.8, 4) is 0 Å². The molecule has 126 valence electrons. The fourth-order valence-corrected chi connectivity index (χ4v) is 3.16. The lowest BCUT2D eigenvalue weighted by Crippen LogP contribution is -2.49. The molecule has 0 fully saturated rings. The lowest BCUT2D eigenvalue weighted by molar-refractivity contribution is -0.129. The van der Waals surface area contributed by atoms with Gasteiger partial charge in [0.25, 0.3) is 0 Å². The van der Waals surface area contributed by atoms with Crippen LogP contribution in [0.5, 0.6) is 0 Å². The molecule has 4 heteroatoms. The van der Waals surface area contributed by atoms with Crippen LogP contribution in [0.25, 0.3) is 0 Å². The van der Waals surface area contributed by atoms with Gasteiger partial charge in [0, 0.05) is 6.92 Å². The van der Waals surface area contributed by atoms with Crippen LogP contribution in [0.3, 0.4) is 0 Å². The number of hydrogen-bond donors (Lipinski definition) is 2. The minimum absolute atomic E-state index is 0.0506. The van der Waals surface area contributed by atoms with E-state index in [1.807, 2.05) is 20.8 Å². The van der Waals surface area contributed by atoms with Crippen molar-refractivity contribution >= 4 is 11.8 Å². The molecule has 0 unspecified atom stereocenters. The van der Waals surface area contributed by atoms with Gasteiger partial charge in [-0.15, -0.1) is 0 Å². The zero-order valence-electron chi connectivity index (χ0n) is 14.6. The monoisotopic (exact) mass is 316 g/mol. The maximum Gasteiger partial charge on any atom is 0.243 e. The summed E-state index contributed by atoms with van der Waals surface area (Å²) in [7, 11) is 0. The van der Waals surface area contributed by atoms with Gasteiger partial charge in [0.2, 0.25) is 11.8 Å². The number of aryl methyl sites for hydroxylation is 2. The molecule has 0 saturated carbocycles. The number of hydrogen-bond acceptors (Lipinski definition) is 2. The van der Waals surface area contributed by atoms with Crippen LogP contribution in [0.15, 0.2) is 18.2 Å². The number of fused-ring (bicyclic) bond motifs is 1. The first-order valence-corrected chi connectivity index (χ1v) is 8.57. The van der Waals surface area contributed by atoms with Crippen LogP contribution in [-0.4, -0.2) is 17.9 Å². The second kappa shape index (κ2) is 7.62. The molecule has 2 rings (SSSR count). The normalized spacial score (nSPS) is 16.4. The summed E-state index contributed by atoms with van der Waals surface area (Å²) < 4.78 is 0.